The van der Waals surface area contributed by atoms with Gasteiger partial charge in [-0.3, -0.25) is 4.79 Å². The Morgan fingerprint density at radius 1 is 1.29 bits per heavy atom. The zero-order valence-electron chi connectivity index (χ0n) is 10.5. The van der Waals surface area contributed by atoms with Crippen LogP contribution in [0.3, 0.4) is 0 Å². The van der Waals surface area contributed by atoms with Crippen molar-refractivity contribution in [2.75, 3.05) is 0 Å². The van der Waals surface area contributed by atoms with Crippen LogP contribution in [-0.2, 0) is 9.59 Å². The Hall–Kier alpha value is -1.20. The number of amides is 1. The summed E-state index contributed by atoms with van der Waals surface area (Å²) in [7, 11) is 0. The minimum Gasteiger partial charge on any atom is -0.480 e. The third-order valence-electron chi connectivity index (χ3n) is 2.72. The molecule has 100 valence electrons. The number of carboxylic acid groups (broad SMARTS) is 1. The van der Waals surface area contributed by atoms with Crippen molar-refractivity contribution in [3.8, 4) is 0 Å². The number of hydrogen-bond acceptors (Lipinski definition) is 2. The summed E-state index contributed by atoms with van der Waals surface area (Å²) in [4.78, 5) is 22.4. The van der Waals surface area contributed by atoms with Crippen molar-refractivity contribution in [3.63, 3.8) is 0 Å². The molecule has 2 unspecified atom stereocenters. The number of carbonyl (C=O) groups excluding carboxylic acids is 1. The summed E-state index contributed by atoms with van der Waals surface area (Å²) in [5.41, 5.74) is -0.349. The van der Waals surface area contributed by atoms with Gasteiger partial charge in [0.25, 0.3) is 0 Å². The Morgan fingerprint density at radius 3 is 2.06 bits per heavy atom. The van der Waals surface area contributed by atoms with E-state index in [1.165, 1.54) is 0 Å². The highest BCUT2D eigenvalue weighted by molar-refractivity contribution is 5.85. The molecule has 0 heterocycles. The van der Waals surface area contributed by atoms with Crippen LogP contribution in [0.4, 0.5) is 8.78 Å². The van der Waals surface area contributed by atoms with E-state index in [0.29, 0.717) is 0 Å². The average molecular weight is 251 g/mol. The van der Waals surface area contributed by atoms with Gasteiger partial charge in [-0.25, -0.2) is 13.6 Å². The lowest BCUT2D eigenvalue weighted by Crippen LogP contribution is -2.46. The number of halogens is 2. The number of rotatable bonds is 5. The fourth-order valence-electron chi connectivity index (χ4n) is 1.09. The molecule has 6 heteroatoms. The van der Waals surface area contributed by atoms with Gasteiger partial charge in [0, 0.05) is 12.3 Å². The molecule has 0 aromatic rings. The smallest absolute Gasteiger partial charge is 0.326 e. The van der Waals surface area contributed by atoms with Crippen molar-refractivity contribution in [1.29, 1.82) is 0 Å². The Labute approximate surface area is 99.4 Å². The maximum atomic E-state index is 12.1. The monoisotopic (exact) mass is 251 g/mol. The quantitative estimate of drug-likeness (QED) is 0.784. The molecular formula is C11H19F2NO3. The lowest BCUT2D eigenvalue weighted by molar-refractivity contribution is -0.144. The van der Waals surface area contributed by atoms with Crippen molar-refractivity contribution in [1.82, 2.24) is 5.32 Å². The molecule has 2 N–H and O–H groups in total. The molecule has 17 heavy (non-hydrogen) atoms. The van der Waals surface area contributed by atoms with Crippen LogP contribution in [0.2, 0.25) is 0 Å². The highest BCUT2D eigenvalue weighted by Crippen LogP contribution is 2.25. The van der Waals surface area contributed by atoms with E-state index in [-0.39, 0.29) is 5.41 Å². The van der Waals surface area contributed by atoms with Crippen LogP contribution in [0.25, 0.3) is 0 Å². The fourth-order valence-corrected chi connectivity index (χ4v) is 1.09. The predicted molar refractivity (Wildman–Crippen MR) is 58.8 cm³/mol. The summed E-state index contributed by atoms with van der Waals surface area (Å²) in [5, 5.41) is 10.8. The Balaban J connectivity index is 4.57. The number of nitrogens with one attached hydrogen (secondary N) is 1. The molecule has 0 spiro atoms. The second-order valence-electron chi connectivity index (χ2n) is 5.11. The van der Waals surface area contributed by atoms with Gasteiger partial charge in [-0.2, -0.15) is 0 Å². The molecule has 0 aliphatic heterocycles. The van der Waals surface area contributed by atoms with Crippen molar-refractivity contribution >= 4 is 11.9 Å². The number of carbonyl (C=O) groups is 2. The second kappa shape index (κ2) is 5.93. The molecule has 0 aromatic heterocycles. The van der Waals surface area contributed by atoms with Crippen molar-refractivity contribution in [2.24, 2.45) is 11.3 Å². The molecule has 0 rings (SSSR count). The third kappa shape index (κ3) is 5.60. The van der Waals surface area contributed by atoms with Gasteiger partial charge in [-0.05, 0) is 5.41 Å². The van der Waals surface area contributed by atoms with Gasteiger partial charge in [0.05, 0.1) is 0 Å². The Bertz CT molecular complexity index is 287. The van der Waals surface area contributed by atoms with Crippen LogP contribution in [-0.4, -0.2) is 29.5 Å². The summed E-state index contributed by atoms with van der Waals surface area (Å²) in [5.74, 6) is -2.42. The highest BCUT2D eigenvalue weighted by atomic mass is 19.3. The standard InChI is InChI=1S/C11H19F2NO3/c1-6(11(2,3)4)9(15)14-7(10(16)17)5-8(12)13/h6-8H,5H2,1-4H3,(H,14,15)(H,16,17). The lowest BCUT2D eigenvalue weighted by atomic mass is 9.81. The normalized spacial score (nSPS) is 15.5. The molecule has 0 fully saturated rings. The van der Waals surface area contributed by atoms with Gasteiger partial charge >= 0.3 is 5.97 Å². The van der Waals surface area contributed by atoms with Crippen molar-refractivity contribution in [2.45, 2.75) is 46.6 Å². The molecule has 0 aliphatic rings. The topological polar surface area (TPSA) is 66.4 Å². The lowest BCUT2D eigenvalue weighted by Gasteiger charge is -2.27. The molecule has 1 amide bonds. The van der Waals surface area contributed by atoms with Gasteiger partial charge < -0.3 is 10.4 Å². The van der Waals surface area contributed by atoms with E-state index < -0.39 is 36.7 Å². The number of alkyl halides is 2. The maximum Gasteiger partial charge on any atom is 0.326 e. The van der Waals surface area contributed by atoms with Crippen LogP contribution in [0.1, 0.15) is 34.1 Å². The number of carboxylic acids is 1. The average Bonchev–Trinajstić information content (AvgIpc) is 2.13. The largest absolute Gasteiger partial charge is 0.480 e. The third-order valence-corrected chi connectivity index (χ3v) is 2.72. The van der Waals surface area contributed by atoms with Gasteiger partial charge in [0.15, 0.2) is 0 Å². The predicted octanol–water partition coefficient (Wildman–Crippen LogP) is 1.89. The van der Waals surface area contributed by atoms with E-state index in [9.17, 15) is 18.4 Å². The van der Waals surface area contributed by atoms with E-state index in [1.54, 1.807) is 6.92 Å². The summed E-state index contributed by atoms with van der Waals surface area (Å²) in [6.45, 7) is 7.09. The minimum atomic E-state index is -2.76. The van der Waals surface area contributed by atoms with Gasteiger partial charge in [-0.15, -0.1) is 0 Å². The summed E-state index contributed by atoms with van der Waals surface area (Å²) < 4.78 is 24.2. The van der Waals surface area contributed by atoms with Crippen LogP contribution in [0.15, 0.2) is 0 Å². The first kappa shape index (κ1) is 15.8. The first-order valence-corrected chi connectivity index (χ1v) is 5.37. The summed E-state index contributed by atoms with van der Waals surface area (Å²) >= 11 is 0. The molecule has 0 aromatic carbocycles. The van der Waals surface area contributed by atoms with E-state index in [1.807, 2.05) is 20.8 Å². The Kier molecular flexibility index (Phi) is 5.51. The zero-order valence-corrected chi connectivity index (χ0v) is 10.5. The van der Waals surface area contributed by atoms with Crippen LogP contribution in [0.5, 0.6) is 0 Å². The fraction of sp³-hybridized carbons (Fsp3) is 0.818. The molecule has 0 radical (unpaired) electrons. The van der Waals surface area contributed by atoms with Gasteiger partial charge in [0.1, 0.15) is 6.04 Å². The van der Waals surface area contributed by atoms with E-state index >= 15 is 0 Å². The molecule has 2 atom stereocenters. The zero-order chi connectivity index (χ0) is 13.8. The molecule has 0 saturated heterocycles. The van der Waals surface area contributed by atoms with E-state index in [4.69, 9.17) is 5.11 Å². The first-order valence-electron chi connectivity index (χ1n) is 5.37. The molecule has 0 saturated carbocycles. The molecule has 0 bridgehead atoms. The molecular weight excluding hydrogens is 232 g/mol. The maximum absolute atomic E-state index is 12.1. The Morgan fingerprint density at radius 2 is 1.76 bits per heavy atom. The van der Waals surface area contributed by atoms with Crippen LogP contribution in [0, 0.1) is 11.3 Å². The van der Waals surface area contributed by atoms with Gasteiger partial charge in [0.2, 0.25) is 12.3 Å². The van der Waals surface area contributed by atoms with Crippen LogP contribution >= 0.6 is 0 Å². The highest BCUT2D eigenvalue weighted by Gasteiger charge is 2.31. The minimum absolute atomic E-state index is 0.349. The first-order chi connectivity index (χ1) is 7.55. The van der Waals surface area contributed by atoms with E-state index in [2.05, 4.69) is 5.32 Å². The second-order valence-corrected chi connectivity index (χ2v) is 5.11. The SMILES string of the molecule is CC(C(=O)NC(CC(F)F)C(=O)O)C(C)(C)C. The number of aliphatic carboxylic acids is 1. The van der Waals surface area contributed by atoms with Crippen molar-refractivity contribution in [3.05, 3.63) is 0 Å². The number of hydrogen-bond donors (Lipinski definition) is 2. The molecule has 0 aliphatic carbocycles. The van der Waals surface area contributed by atoms with Gasteiger partial charge in [-0.1, -0.05) is 27.7 Å². The van der Waals surface area contributed by atoms with Crippen molar-refractivity contribution < 1.29 is 23.5 Å². The summed E-state index contributed by atoms with van der Waals surface area (Å²) in [6, 6.07) is -1.53. The van der Waals surface area contributed by atoms with Crippen LogP contribution < -0.4 is 5.32 Å². The molecule has 4 nitrogen and oxygen atoms in total. The van der Waals surface area contributed by atoms with E-state index in [0.717, 1.165) is 0 Å². The summed E-state index contributed by atoms with van der Waals surface area (Å²) in [6.07, 6.45) is -3.64.